The maximum Gasteiger partial charge on any atom is 0.0757 e. The number of hydrogen-bond donors (Lipinski definition) is 1. The summed E-state index contributed by atoms with van der Waals surface area (Å²) in [6.07, 6.45) is 8.28. The Morgan fingerprint density at radius 1 is 1.26 bits per heavy atom. The lowest BCUT2D eigenvalue weighted by atomic mass is 10.00. The zero-order chi connectivity index (χ0) is 14.3. The Bertz CT molecular complexity index is 243. The fourth-order valence-electron chi connectivity index (χ4n) is 3.21. The zero-order valence-electron chi connectivity index (χ0n) is 13.5. The van der Waals surface area contributed by atoms with Crippen LogP contribution in [0, 0.1) is 0 Å². The van der Waals surface area contributed by atoms with Gasteiger partial charge in [0, 0.05) is 25.7 Å². The third kappa shape index (κ3) is 6.24. The molecule has 1 fully saturated rings. The van der Waals surface area contributed by atoms with Crippen LogP contribution in [-0.2, 0) is 4.74 Å². The molecule has 19 heavy (non-hydrogen) atoms. The van der Waals surface area contributed by atoms with Crippen LogP contribution in [0.3, 0.4) is 0 Å². The Labute approximate surface area is 119 Å². The van der Waals surface area contributed by atoms with Crippen molar-refractivity contribution in [3.63, 3.8) is 0 Å². The summed E-state index contributed by atoms with van der Waals surface area (Å²) in [5.41, 5.74) is 5.96. The molecule has 2 atom stereocenters. The maximum absolute atomic E-state index is 6.00. The van der Waals surface area contributed by atoms with Gasteiger partial charge in [0.2, 0.25) is 0 Å². The minimum absolute atomic E-state index is 0.0344. The highest BCUT2D eigenvalue weighted by atomic mass is 16.5. The predicted molar refractivity (Wildman–Crippen MR) is 82.4 cm³/mol. The van der Waals surface area contributed by atoms with Gasteiger partial charge in [0.15, 0.2) is 0 Å². The summed E-state index contributed by atoms with van der Waals surface area (Å²) in [6.45, 7) is 11.6. The summed E-state index contributed by atoms with van der Waals surface area (Å²) in [4.78, 5) is 2.55. The number of nitrogens with zero attached hydrogens (tertiary/aromatic N) is 1. The molecule has 1 saturated heterocycles. The van der Waals surface area contributed by atoms with E-state index >= 15 is 0 Å². The van der Waals surface area contributed by atoms with Crippen molar-refractivity contribution < 1.29 is 4.74 Å². The van der Waals surface area contributed by atoms with Crippen LogP contribution >= 0.6 is 0 Å². The molecule has 2 N–H and O–H groups in total. The number of hydrogen-bond acceptors (Lipinski definition) is 3. The molecule has 0 radical (unpaired) electrons. The molecule has 0 aromatic carbocycles. The van der Waals surface area contributed by atoms with Gasteiger partial charge in [0.05, 0.1) is 11.7 Å². The summed E-state index contributed by atoms with van der Waals surface area (Å²) in [6, 6.07) is 0.534. The number of rotatable bonds is 8. The van der Waals surface area contributed by atoms with Crippen LogP contribution in [0.15, 0.2) is 0 Å². The van der Waals surface area contributed by atoms with Crippen LogP contribution in [0.5, 0.6) is 0 Å². The van der Waals surface area contributed by atoms with Gasteiger partial charge in [-0.15, -0.1) is 0 Å². The van der Waals surface area contributed by atoms with Crippen LogP contribution in [0.4, 0.5) is 0 Å². The molecule has 0 amide bonds. The lowest BCUT2D eigenvalue weighted by Crippen LogP contribution is -2.56. The minimum atomic E-state index is -0.0344. The summed E-state index contributed by atoms with van der Waals surface area (Å²) >= 11 is 0. The predicted octanol–water partition coefficient (Wildman–Crippen LogP) is 3.17. The zero-order valence-corrected chi connectivity index (χ0v) is 13.5. The van der Waals surface area contributed by atoms with Crippen LogP contribution in [0.25, 0.3) is 0 Å². The van der Waals surface area contributed by atoms with Crippen molar-refractivity contribution in [3.05, 3.63) is 0 Å². The van der Waals surface area contributed by atoms with Gasteiger partial charge in [-0.25, -0.2) is 0 Å². The van der Waals surface area contributed by atoms with Crippen LogP contribution in [0.2, 0.25) is 0 Å². The van der Waals surface area contributed by atoms with Crippen molar-refractivity contribution in [1.82, 2.24) is 4.90 Å². The highest BCUT2D eigenvalue weighted by Crippen LogP contribution is 2.24. The topological polar surface area (TPSA) is 38.5 Å². The van der Waals surface area contributed by atoms with Gasteiger partial charge in [-0.3, -0.25) is 4.90 Å². The van der Waals surface area contributed by atoms with E-state index < -0.39 is 0 Å². The highest BCUT2D eigenvalue weighted by molar-refractivity contribution is 4.86. The second-order valence-electron chi connectivity index (χ2n) is 6.71. The molecule has 1 aliphatic rings. The van der Waals surface area contributed by atoms with Gasteiger partial charge >= 0.3 is 0 Å². The number of unbranched alkanes of at least 4 members (excludes halogenated alkanes) is 4. The van der Waals surface area contributed by atoms with Crippen LogP contribution < -0.4 is 5.73 Å². The molecule has 0 aliphatic carbocycles. The highest BCUT2D eigenvalue weighted by Gasteiger charge is 2.33. The third-order valence-electron chi connectivity index (χ3n) is 4.03. The fourth-order valence-corrected chi connectivity index (χ4v) is 3.21. The average Bonchev–Trinajstić information content (AvgIpc) is 2.31. The van der Waals surface area contributed by atoms with Gasteiger partial charge in [-0.05, 0) is 27.2 Å². The van der Waals surface area contributed by atoms with E-state index in [2.05, 4.69) is 32.6 Å². The second-order valence-corrected chi connectivity index (χ2v) is 6.71. The molecule has 0 aromatic heterocycles. The molecule has 2 unspecified atom stereocenters. The molecule has 0 spiro atoms. The van der Waals surface area contributed by atoms with Gasteiger partial charge in [-0.2, -0.15) is 0 Å². The molecule has 1 aliphatic heterocycles. The summed E-state index contributed by atoms with van der Waals surface area (Å²) in [5.74, 6) is 0. The van der Waals surface area contributed by atoms with E-state index in [4.69, 9.17) is 10.5 Å². The molecular weight excluding hydrogens is 236 g/mol. The fraction of sp³-hybridized carbons (Fsp3) is 1.00. The Morgan fingerprint density at radius 3 is 2.53 bits per heavy atom. The quantitative estimate of drug-likeness (QED) is 0.689. The summed E-state index contributed by atoms with van der Waals surface area (Å²) in [7, 11) is 0. The van der Waals surface area contributed by atoms with Crippen LogP contribution in [0.1, 0.15) is 66.2 Å². The molecule has 1 rings (SSSR count). The van der Waals surface area contributed by atoms with Crippen molar-refractivity contribution in [2.75, 3.05) is 19.6 Å². The average molecular weight is 270 g/mol. The molecule has 0 aromatic rings. The molecule has 114 valence electrons. The molecular formula is C16H34N2O. The van der Waals surface area contributed by atoms with E-state index in [0.29, 0.717) is 12.1 Å². The Morgan fingerprint density at radius 2 is 1.95 bits per heavy atom. The Kier molecular flexibility index (Phi) is 7.33. The van der Waals surface area contributed by atoms with Crippen molar-refractivity contribution in [3.8, 4) is 0 Å². The first kappa shape index (κ1) is 16.9. The largest absolute Gasteiger partial charge is 0.370 e. The van der Waals surface area contributed by atoms with Crippen molar-refractivity contribution >= 4 is 0 Å². The standard InChI is InChI=1S/C16H34N2O/c1-5-6-7-8-9-10-15(11-17)18-12-14(2)19-16(3,4)13-18/h14-15H,5-13,17H2,1-4H3. The molecule has 0 bridgehead atoms. The normalized spacial score (nSPS) is 25.4. The van der Waals surface area contributed by atoms with E-state index in [-0.39, 0.29) is 5.60 Å². The molecule has 3 heteroatoms. The Balaban J connectivity index is 2.36. The van der Waals surface area contributed by atoms with Gasteiger partial charge in [0.1, 0.15) is 0 Å². The molecule has 1 heterocycles. The lowest BCUT2D eigenvalue weighted by Gasteiger charge is -2.45. The van der Waals surface area contributed by atoms with Crippen LogP contribution in [-0.4, -0.2) is 42.3 Å². The molecule has 0 saturated carbocycles. The van der Waals surface area contributed by atoms with E-state index in [1.807, 2.05) is 0 Å². The first-order valence-corrected chi connectivity index (χ1v) is 8.10. The van der Waals surface area contributed by atoms with Crippen molar-refractivity contribution in [2.45, 2.75) is 84.0 Å². The SMILES string of the molecule is CCCCCCCC(CN)N1CC(C)OC(C)(C)C1. The van der Waals surface area contributed by atoms with E-state index in [1.165, 1.54) is 38.5 Å². The minimum Gasteiger partial charge on any atom is -0.370 e. The van der Waals surface area contributed by atoms with Gasteiger partial charge < -0.3 is 10.5 Å². The maximum atomic E-state index is 6.00. The Hall–Kier alpha value is -0.120. The number of nitrogens with two attached hydrogens (primary N) is 1. The van der Waals surface area contributed by atoms with E-state index in [0.717, 1.165) is 19.6 Å². The number of ether oxygens (including phenoxy) is 1. The first-order valence-electron chi connectivity index (χ1n) is 8.10. The lowest BCUT2D eigenvalue weighted by molar-refractivity contribution is -0.137. The smallest absolute Gasteiger partial charge is 0.0757 e. The van der Waals surface area contributed by atoms with E-state index in [1.54, 1.807) is 0 Å². The second kappa shape index (κ2) is 8.23. The van der Waals surface area contributed by atoms with Crippen molar-refractivity contribution in [1.29, 1.82) is 0 Å². The summed E-state index contributed by atoms with van der Waals surface area (Å²) < 4.78 is 5.97. The number of morpholine rings is 1. The third-order valence-corrected chi connectivity index (χ3v) is 4.03. The van der Waals surface area contributed by atoms with Gasteiger partial charge in [0.25, 0.3) is 0 Å². The van der Waals surface area contributed by atoms with Crippen molar-refractivity contribution in [2.24, 2.45) is 5.73 Å². The monoisotopic (exact) mass is 270 g/mol. The molecule has 3 nitrogen and oxygen atoms in total. The first-order chi connectivity index (χ1) is 8.98. The van der Waals surface area contributed by atoms with Gasteiger partial charge in [-0.1, -0.05) is 39.0 Å². The summed E-state index contributed by atoms with van der Waals surface area (Å²) in [5, 5.41) is 0. The van der Waals surface area contributed by atoms with E-state index in [9.17, 15) is 0 Å².